The SMILES string of the molecule is O=C(CNc1cc(Cl)c(Cl)cc1Cl)Nc1cccc(NC(=O)c2ccccc2)c1. The van der Waals surface area contributed by atoms with Crippen molar-refractivity contribution < 1.29 is 9.59 Å². The lowest BCUT2D eigenvalue weighted by Crippen LogP contribution is -2.22. The zero-order valence-corrected chi connectivity index (χ0v) is 17.3. The molecule has 0 heterocycles. The van der Waals surface area contributed by atoms with Crippen molar-refractivity contribution in [3.05, 3.63) is 87.4 Å². The molecule has 0 radical (unpaired) electrons. The Morgan fingerprint density at radius 2 is 1.38 bits per heavy atom. The summed E-state index contributed by atoms with van der Waals surface area (Å²) in [6.07, 6.45) is 0. The number of benzene rings is 3. The van der Waals surface area contributed by atoms with Gasteiger partial charge in [0.05, 0.1) is 27.3 Å². The fourth-order valence-electron chi connectivity index (χ4n) is 2.51. The van der Waals surface area contributed by atoms with E-state index in [4.69, 9.17) is 34.8 Å². The summed E-state index contributed by atoms with van der Waals surface area (Å²) in [4.78, 5) is 24.5. The summed E-state index contributed by atoms with van der Waals surface area (Å²) in [6.45, 7) is -0.0295. The molecule has 0 aromatic heterocycles. The van der Waals surface area contributed by atoms with Crippen molar-refractivity contribution in [2.45, 2.75) is 0 Å². The molecule has 3 aromatic rings. The Kier molecular flexibility index (Phi) is 6.99. The molecule has 29 heavy (non-hydrogen) atoms. The molecule has 148 valence electrons. The van der Waals surface area contributed by atoms with Crippen molar-refractivity contribution in [1.82, 2.24) is 0 Å². The Bertz CT molecular complexity index is 1040. The van der Waals surface area contributed by atoms with Crippen molar-refractivity contribution in [3.8, 4) is 0 Å². The molecule has 0 aliphatic rings. The van der Waals surface area contributed by atoms with Crippen molar-refractivity contribution in [1.29, 1.82) is 0 Å². The molecular formula is C21H16Cl3N3O2. The topological polar surface area (TPSA) is 70.2 Å². The van der Waals surface area contributed by atoms with Gasteiger partial charge in [0.25, 0.3) is 5.91 Å². The number of rotatable bonds is 6. The van der Waals surface area contributed by atoms with E-state index in [0.717, 1.165) is 0 Å². The number of anilines is 3. The Morgan fingerprint density at radius 1 is 0.724 bits per heavy atom. The molecule has 0 unspecified atom stereocenters. The minimum Gasteiger partial charge on any atom is -0.375 e. The van der Waals surface area contributed by atoms with Crippen LogP contribution in [0.5, 0.6) is 0 Å². The third-order valence-corrected chi connectivity index (χ3v) is 4.92. The summed E-state index contributed by atoms with van der Waals surface area (Å²) in [7, 11) is 0. The monoisotopic (exact) mass is 447 g/mol. The highest BCUT2D eigenvalue weighted by molar-refractivity contribution is 6.44. The number of amides is 2. The fraction of sp³-hybridized carbons (Fsp3) is 0.0476. The molecule has 3 rings (SSSR count). The van der Waals surface area contributed by atoms with Crippen LogP contribution in [0.1, 0.15) is 10.4 Å². The average Bonchev–Trinajstić information content (AvgIpc) is 2.70. The van der Waals surface area contributed by atoms with E-state index < -0.39 is 0 Å². The van der Waals surface area contributed by atoms with Crippen LogP contribution in [0.25, 0.3) is 0 Å². The van der Waals surface area contributed by atoms with Gasteiger partial charge < -0.3 is 16.0 Å². The van der Waals surface area contributed by atoms with Gasteiger partial charge in [-0.3, -0.25) is 9.59 Å². The summed E-state index contributed by atoms with van der Waals surface area (Å²) in [5, 5.41) is 9.49. The third-order valence-electron chi connectivity index (χ3n) is 3.89. The van der Waals surface area contributed by atoms with Crippen LogP contribution < -0.4 is 16.0 Å². The number of nitrogens with one attached hydrogen (secondary N) is 3. The minimum atomic E-state index is -0.293. The van der Waals surface area contributed by atoms with Gasteiger partial charge in [-0.25, -0.2) is 0 Å². The molecule has 5 nitrogen and oxygen atoms in total. The number of carbonyl (C=O) groups excluding carboxylic acids is 2. The van der Waals surface area contributed by atoms with E-state index in [1.54, 1.807) is 54.6 Å². The standard InChI is InChI=1S/C21H16Cl3N3O2/c22-16-10-18(24)19(11-17(16)23)25-12-20(28)26-14-7-4-8-15(9-14)27-21(29)13-5-2-1-3-6-13/h1-11,25H,12H2,(H,26,28)(H,27,29). The van der Waals surface area contributed by atoms with Crippen LogP contribution in [0.2, 0.25) is 15.1 Å². The molecule has 8 heteroatoms. The van der Waals surface area contributed by atoms with Crippen molar-refractivity contribution >= 4 is 63.7 Å². The van der Waals surface area contributed by atoms with Gasteiger partial charge in [0, 0.05) is 16.9 Å². The fourth-order valence-corrected chi connectivity index (χ4v) is 3.12. The summed E-state index contributed by atoms with van der Waals surface area (Å²) in [6, 6.07) is 18.8. The zero-order valence-electron chi connectivity index (χ0n) is 15.0. The minimum absolute atomic E-state index is 0.0295. The van der Waals surface area contributed by atoms with Crippen LogP contribution >= 0.6 is 34.8 Å². The second-order valence-corrected chi connectivity index (χ2v) is 7.27. The van der Waals surface area contributed by atoms with E-state index >= 15 is 0 Å². The Hall–Kier alpha value is -2.73. The van der Waals surface area contributed by atoms with Crippen LogP contribution in [-0.4, -0.2) is 18.4 Å². The van der Waals surface area contributed by atoms with Gasteiger partial charge in [0.2, 0.25) is 5.91 Å². The molecular weight excluding hydrogens is 433 g/mol. The van der Waals surface area contributed by atoms with E-state index in [1.807, 2.05) is 6.07 Å². The Labute approximate surface area is 183 Å². The quantitative estimate of drug-likeness (QED) is 0.408. The van der Waals surface area contributed by atoms with E-state index in [9.17, 15) is 9.59 Å². The predicted molar refractivity (Wildman–Crippen MR) is 119 cm³/mol. The van der Waals surface area contributed by atoms with E-state index in [0.29, 0.717) is 37.7 Å². The largest absolute Gasteiger partial charge is 0.375 e. The maximum atomic E-state index is 12.2. The molecule has 0 spiro atoms. The Morgan fingerprint density at radius 3 is 2.10 bits per heavy atom. The number of hydrogen-bond acceptors (Lipinski definition) is 3. The molecule has 0 aliphatic carbocycles. The number of carbonyl (C=O) groups is 2. The highest BCUT2D eigenvalue weighted by Gasteiger charge is 2.09. The lowest BCUT2D eigenvalue weighted by molar-refractivity contribution is -0.114. The molecule has 0 saturated carbocycles. The van der Waals surface area contributed by atoms with E-state index in [2.05, 4.69) is 16.0 Å². The molecule has 3 aromatic carbocycles. The average molecular weight is 449 g/mol. The van der Waals surface area contributed by atoms with Gasteiger partial charge in [0.15, 0.2) is 0 Å². The van der Waals surface area contributed by atoms with Crippen molar-refractivity contribution in [2.75, 3.05) is 22.5 Å². The van der Waals surface area contributed by atoms with Gasteiger partial charge in [-0.1, -0.05) is 59.1 Å². The first-order valence-corrected chi connectivity index (χ1v) is 9.70. The lowest BCUT2D eigenvalue weighted by Gasteiger charge is -2.11. The molecule has 3 N–H and O–H groups in total. The van der Waals surface area contributed by atoms with Gasteiger partial charge in [-0.2, -0.15) is 0 Å². The second-order valence-electron chi connectivity index (χ2n) is 6.05. The summed E-state index contributed by atoms with van der Waals surface area (Å²) in [5.74, 6) is -0.524. The first kappa shape index (κ1) is 21.0. The zero-order chi connectivity index (χ0) is 20.8. The second kappa shape index (κ2) is 9.65. The van der Waals surface area contributed by atoms with Crippen LogP contribution in [0.3, 0.4) is 0 Å². The smallest absolute Gasteiger partial charge is 0.255 e. The van der Waals surface area contributed by atoms with Crippen LogP contribution in [0.4, 0.5) is 17.1 Å². The lowest BCUT2D eigenvalue weighted by atomic mass is 10.2. The van der Waals surface area contributed by atoms with E-state index in [1.165, 1.54) is 6.07 Å². The molecule has 2 amide bonds. The highest BCUT2D eigenvalue weighted by Crippen LogP contribution is 2.32. The van der Waals surface area contributed by atoms with Crippen molar-refractivity contribution in [2.24, 2.45) is 0 Å². The number of hydrogen-bond donors (Lipinski definition) is 3. The normalized spacial score (nSPS) is 10.3. The van der Waals surface area contributed by atoms with Gasteiger partial charge in [0.1, 0.15) is 0 Å². The summed E-state index contributed by atoms with van der Waals surface area (Å²) < 4.78 is 0. The molecule has 0 bridgehead atoms. The van der Waals surface area contributed by atoms with Crippen molar-refractivity contribution in [3.63, 3.8) is 0 Å². The first-order valence-electron chi connectivity index (χ1n) is 8.57. The first-order chi connectivity index (χ1) is 13.9. The van der Waals surface area contributed by atoms with Crippen LogP contribution in [0, 0.1) is 0 Å². The van der Waals surface area contributed by atoms with Crippen LogP contribution in [-0.2, 0) is 4.79 Å². The molecule has 0 aliphatic heterocycles. The third kappa shape index (κ3) is 5.87. The van der Waals surface area contributed by atoms with E-state index in [-0.39, 0.29) is 18.4 Å². The Balaban J connectivity index is 1.59. The summed E-state index contributed by atoms with van der Waals surface area (Å²) >= 11 is 17.9. The molecule has 0 saturated heterocycles. The predicted octanol–water partition coefficient (Wildman–Crippen LogP) is 5.95. The maximum absolute atomic E-state index is 12.2. The maximum Gasteiger partial charge on any atom is 0.255 e. The molecule has 0 fully saturated rings. The van der Waals surface area contributed by atoms with Gasteiger partial charge in [-0.05, 0) is 42.5 Å². The van der Waals surface area contributed by atoms with Gasteiger partial charge >= 0.3 is 0 Å². The van der Waals surface area contributed by atoms with Gasteiger partial charge in [-0.15, -0.1) is 0 Å². The summed E-state index contributed by atoms with van der Waals surface area (Å²) in [5.41, 5.74) is 2.16. The molecule has 0 atom stereocenters. The van der Waals surface area contributed by atoms with Crippen LogP contribution in [0.15, 0.2) is 66.7 Å². The number of halogens is 3. The highest BCUT2D eigenvalue weighted by atomic mass is 35.5.